The van der Waals surface area contributed by atoms with Crippen LogP contribution < -0.4 is 11.1 Å². The van der Waals surface area contributed by atoms with Crippen LogP contribution in [-0.2, 0) is 23.6 Å². The molecule has 158 valence electrons. The summed E-state index contributed by atoms with van der Waals surface area (Å²) in [5, 5.41) is 2.88. The Labute approximate surface area is 172 Å². The third-order valence-corrected chi connectivity index (χ3v) is 8.02. The average Bonchev–Trinajstić information content (AvgIpc) is 2.99. The van der Waals surface area contributed by atoms with Gasteiger partial charge >= 0.3 is 0 Å². The minimum Gasteiger partial charge on any atom is -0.399 e. The van der Waals surface area contributed by atoms with Gasteiger partial charge in [0.25, 0.3) is 5.91 Å². The third-order valence-electron chi connectivity index (χ3n) is 6.01. The van der Waals surface area contributed by atoms with Crippen LogP contribution in [0, 0.1) is 19.8 Å². The fourth-order valence-corrected chi connectivity index (χ4v) is 5.42. The predicted molar refractivity (Wildman–Crippen MR) is 114 cm³/mol. The molecule has 1 saturated heterocycles. The molecular weight excluding hydrogens is 388 g/mol. The van der Waals surface area contributed by atoms with Crippen molar-refractivity contribution in [2.75, 3.05) is 18.8 Å². The van der Waals surface area contributed by atoms with Crippen molar-refractivity contribution < 1.29 is 13.2 Å². The normalized spacial score (nSPS) is 16.1. The maximum atomic E-state index is 13.1. The second-order valence-electron chi connectivity index (χ2n) is 7.94. The maximum absolute atomic E-state index is 13.1. The summed E-state index contributed by atoms with van der Waals surface area (Å²) in [6.45, 7) is 7.16. The fourth-order valence-electron chi connectivity index (χ4n) is 3.68. The Hall–Kier alpha value is -2.32. The molecule has 0 unspecified atom stereocenters. The smallest absolute Gasteiger partial charge is 0.268 e. The van der Waals surface area contributed by atoms with Gasteiger partial charge in [-0.25, -0.2) is 8.42 Å². The van der Waals surface area contributed by atoms with E-state index < -0.39 is 10.0 Å². The first-order valence-corrected chi connectivity index (χ1v) is 11.4. The SMILES string of the molecule is Cc1c(N)cccc1CNC(=O)c1cc(S(=O)(=O)N2CCC(C)CC2)c(C)n1C. The van der Waals surface area contributed by atoms with E-state index >= 15 is 0 Å². The minimum atomic E-state index is -3.61. The third kappa shape index (κ3) is 4.18. The van der Waals surface area contributed by atoms with Crippen LogP contribution in [0.1, 0.15) is 47.1 Å². The highest BCUT2D eigenvalue weighted by molar-refractivity contribution is 7.89. The first kappa shape index (κ1) is 21.4. The molecule has 1 aliphatic heterocycles. The summed E-state index contributed by atoms with van der Waals surface area (Å²) in [7, 11) is -1.90. The molecule has 1 amide bonds. The van der Waals surface area contributed by atoms with Gasteiger partial charge in [-0.2, -0.15) is 4.31 Å². The molecule has 2 aromatic rings. The van der Waals surface area contributed by atoms with Crippen molar-refractivity contribution in [1.29, 1.82) is 0 Å². The number of anilines is 1. The first-order chi connectivity index (χ1) is 13.6. The van der Waals surface area contributed by atoms with E-state index in [1.807, 2.05) is 25.1 Å². The maximum Gasteiger partial charge on any atom is 0.268 e. The molecule has 1 aromatic heterocycles. The Morgan fingerprint density at radius 3 is 2.55 bits per heavy atom. The first-order valence-electron chi connectivity index (χ1n) is 9.91. The van der Waals surface area contributed by atoms with E-state index in [-0.39, 0.29) is 10.8 Å². The summed E-state index contributed by atoms with van der Waals surface area (Å²) < 4.78 is 29.4. The van der Waals surface area contributed by atoms with Gasteiger partial charge in [-0.3, -0.25) is 4.79 Å². The molecule has 0 radical (unpaired) electrons. The van der Waals surface area contributed by atoms with Crippen molar-refractivity contribution in [2.45, 2.75) is 45.1 Å². The molecule has 1 aliphatic rings. The number of nitrogens with zero attached hydrogens (tertiary/aromatic N) is 2. The number of benzene rings is 1. The van der Waals surface area contributed by atoms with Gasteiger partial charge in [0.1, 0.15) is 10.6 Å². The fraction of sp³-hybridized carbons (Fsp3) is 0.476. The number of amides is 1. The summed E-state index contributed by atoms with van der Waals surface area (Å²) in [6, 6.07) is 7.07. The molecule has 2 heterocycles. The lowest BCUT2D eigenvalue weighted by molar-refractivity contribution is 0.0942. The van der Waals surface area contributed by atoms with Crippen LogP contribution in [0.4, 0.5) is 5.69 Å². The number of sulfonamides is 1. The molecule has 0 aliphatic carbocycles. The minimum absolute atomic E-state index is 0.208. The van der Waals surface area contributed by atoms with E-state index in [1.165, 1.54) is 10.4 Å². The Bertz CT molecular complexity index is 1020. The van der Waals surface area contributed by atoms with Gasteiger partial charge in [0.05, 0.1) is 0 Å². The van der Waals surface area contributed by atoms with Crippen LogP contribution in [0.5, 0.6) is 0 Å². The molecule has 0 atom stereocenters. The number of piperidine rings is 1. The molecule has 3 rings (SSSR count). The highest BCUT2D eigenvalue weighted by Gasteiger charge is 2.32. The number of hydrogen-bond acceptors (Lipinski definition) is 4. The van der Waals surface area contributed by atoms with Gasteiger partial charge in [0.2, 0.25) is 10.0 Å². The van der Waals surface area contributed by atoms with Crippen molar-refractivity contribution in [3.8, 4) is 0 Å². The number of carbonyl (C=O) groups excluding carboxylic acids is 1. The van der Waals surface area contributed by atoms with Crippen molar-refractivity contribution in [3.05, 3.63) is 46.8 Å². The summed E-state index contributed by atoms with van der Waals surface area (Å²) in [4.78, 5) is 13.0. The molecule has 1 fully saturated rings. The molecular formula is C21H30N4O3S. The van der Waals surface area contributed by atoms with E-state index in [1.54, 1.807) is 18.5 Å². The highest BCUT2D eigenvalue weighted by atomic mass is 32.2. The lowest BCUT2D eigenvalue weighted by Crippen LogP contribution is -2.38. The average molecular weight is 419 g/mol. The second kappa shape index (κ2) is 8.20. The number of nitrogens with one attached hydrogen (secondary N) is 1. The summed E-state index contributed by atoms with van der Waals surface area (Å²) in [5.41, 5.74) is 9.35. The van der Waals surface area contributed by atoms with Crippen LogP contribution in [0.25, 0.3) is 0 Å². The quantitative estimate of drug-likeness (QED) is 0.729. The lowest BCUT2D eigenvalue weighted by atomic mass is 10.0. The van der Waals surface area contributed by atoms with Crippen molar-refractivity contribution >= 4 is 21.6 Å². The van der Waals surface area contributed by atoms with E-state index in [0.29, 0.717) is 42.6 Å². The van der Waals surface area contributed by atoms with Crippen LogP contribution in [0.3, 0.4) is 0 Å². The van der Waals surface area contributed by atoms with Crippen LogP contribution in [-0.4, -0.2) is 36.3 Å². The number of aromatic nitrogens is 1. The summed E-state index contributed by atoms with van der Waals surface area (Å²) in [6.07, 6.45) is 1.72. The molecule has 3 N–H and O–H groups in total. The van der Waals surface area contributed by atoms with Gasteiger partial charge in [-0.1, -0.05) is 19.1 Å². The van der Waals surface area contributed by atoms with E-state index in [2.05, 4.69) is 12.2 Å². The zero-order valence-corrected chi connectivity index (χ0v) is 18.3. The monoisotopic (exact) mass is 418 g/mol. The standard InChI is InChI=1S/C21H30N4O3S/c1-14-8-10-25(11-9-14)29(27,28)20-12-19(24(4)16(20)3)21(26)23-13-17-6-5-7-18(22)15(17)2/h5-7,12,14H,8-11,13,22H2,1-4H3,(H,23,26). The van der Waals surface area contributed by atoms with Gasteiger partial charge in [0, 0.05) is 38.1 Å². The van der Waals surface area contributed by atoms with Crippen molar-refractivity contribution in [2.24, 2.45) is 13.0 Å². The van der Waals surface area contributed by atoms with E-state index in [4.69, 9.17) is 5.73 Å². The number of hydrogen-bond donors (Lipinski definition) is 2. The topological polar surface area (TPSA) is 97.4 Å². The van der Waals surface area contributed by atoms with Crippen LogP contribution in [0.2, 0.25) is 0 Å². The number of nitrogens with two attached hydrogens (primary N) is 1. The van der Waals surface area contributed by atoms with Gasteiger partial charge in [0.15, 0.2) is 0 Å². The number of rotatable bonds is 5. The molecule has 0 spiro atoms. The second-order valence-corrected chi connectivity index (χ2v) is 9.85. The zero-order valence-electron chi connectivity index (χ0n) is 17.5. The molecule has 1 aromatic carbocycles. The molecule has 0 saturated carbocycles. The zero-order chi connectivity index (χ0) is 21.3. The van der Waals surface area contributed by atoms with Crippen molar-refractivity contribution in [3.63, 3.8) is 0 Å². The Kier molecular flexibility index (Phi) is 6.05. The number of carbonyl (C=O) groups is 1. The predicted octanol–water partition coefficient (Wildman–Crippen LogP) is 2.57. The summed E-state index contributed by atoms with van der Waals surface area (Å²) >= 11 is 0. The van der Waals surface area contributed by atoms with E-state index in [9.17, 15) is 13.2 Å². The van der Waals surface area contributed by atoms with Gasteiger partial charge in [-0.05, 0) is 55.9 Å². The van der Waals surface area contributed by atoms with Crippen LogP contribution in [0.15, 0.2) is 29.2 Å². The Morgan fingerprint density at radius 2 is 1.90 bits per heavy atom. The van der Waals surface area contributed by atoms with E-state index in [0.717, 1.165) is 24.0 Å². The van der Waals surface area contributed by atoms with Crippen molar-refractivity contribution in [1.82, 2.24) is 14.2 Å². The lowest BCUT2D eigenvalue weighted by Gasteiger charge is -2.29. The number of nitrogen functional groups attached to an aromatic ring is 1. The molecule has 29 heavy (non-hydrogen) atoms. The Balaban J connectivity index is 1.81. The van der Waals surface area contributed by atoms with Crippen LogP contribution >= 0.6 is 0 Å². The Morgan fingerprint density at radius 1 is 1.24 bits per heavy atom. The van der Waals surface area contributed by atoms with Gasteiger partial charge in [-0.15, -0.1) is 0 Å². The molecule has 7 nitrogen and oxygen atoms in total. The highest BCUT2D eigenvalue weighted by Crippen LogP contribution is 2.27. The summed E-state index contributed by atoms with van der Waals surface area (Å²) in [5.74, 6) is 0.223. The largest absolute Gasteiger partial charge is 0.399 e. The van der Waals surface area contributed by atoms with Gasteiger partial charge < -0.3 is 15.6 Å². The molecule has 8 heteroatoms. The molecule has 0 bridgehead atoms.